The number of hydrogen-bond donors (Lipinski definition) is 1. The zero-order valence-corrected chi connectivity index (χ0v) is 9.95. The van der Waals surface area contributed by atoms with Gasteiger partial charge in [0, 0.05) is 31.2 Å². The van der Waals surface area contributed by atoms with Crippen molar-refractivity contribution in [1.82, 2.24) is 5.32 Å². The number of alkyl halides is 1. The molecule has 0 radical (unpaired) electrons. The summed E-state index contributed by atoms with van der Waals surface area (Å²) in [5.41, 5.74) is 0.0642. The van der Waals surface area contributed by atoms with Crippen molar-refractivity contribution in [2.75, 3.05) is 19.6 Å². The third kappa shape index (κ3) is 5.50. The smallest absolute Gasteiger partial charge is 0.0476 e. The highest BCUT2D eigenvalue weighted by molar-refractivity contribution is 6.18. The maximum atomic E-state index is 5.89. The number of rotatable bonds is 7. The second kappa shape index (κ2) is 6.63. The molecule has 0 spiro atoms. The Balaban J connectivity index is 3.79. The summed E-state index contributed by atoms with van der Waals surface area (Å²) < 4.78 is 5.02. The standard InChI is InChI=1S/C10H22ClNO/c1-5-10(3,8-11)12-9(2)6-7-13-4/h9,12H,5-8H2,1-4H3. The summed E-state index contributed by atoms with van der Waals surface area (Å²) in [7, 11) is 1.73. The highest BCUT2D eigenvalue weighted by atomic mass is 35.5. The second-order valence-electron chi connectivity index (χ2n) is 3.87. The van der Waals surface area contributed by atoms with Gasteiger partial charge < -0.3 is 10.1 Å². The molecule has 3 heteroatoms. The van der Waals surface area contributed by atoms with Crippen LogP contribution in [0, 0.1) is 0 Å². The molecule has 0 rings (SSSR count). The maximum Gasteiger partial charge on any atom is 0.0476 e. The minimum atomic E-state index is 0.0642. The maximum absolute atomic E-state index is 5.89. The van der Waals surface area contributed by atoms with Crippen LogP contribution in [0.2, 0.25) is 0 Å². The minimum Gasteiger partial charge on any atom is -0.385 e. The third-order valence-corrected chi connectivity index (χ3v) is 3.01. The molecule has 0 bridgehead atoms. The van der Waals surface area contributed by atoms with E-state index < -0.39 is 0 Å². The Morgan fingerprint density at radius 2 is 2.15 bits per heavy atom. The normalized spacial score (nSPS) is 18.2. The first-order valence-electron chi connectivity index (χ1n) is 4.90. The van der Waals surface area contributed by atoms with Gasteiger partial charge >= 0.3 is 0 Å². The van der Waals surface area contributed by atoms with E-state index in [4.69, 9.17) is 16.3 Å². The van der Waals surface area contributed by atoms with Crippen molar-refractivity contribution in [3.05, 3.63) is 0 Å². The fourth-order valence-corrected chi connectivity index (χ4v) is 1.46. The lowest BCUT2D eigenvalue weighted by Gasteiger charge is -2.31. The van der Waals surface area contributed by atoms with Gasteiger partial charge in [-0.05, 0) is 26.7 Å². The molecule has 2 unspecified atom stereocenters. The first kappa shape index (κ1) is 13.2. The number of halogens is 1. The van der Waals surface area contributed by atoms with Gasteiger partial charge in [-0.15, -0.1) is 11.6 Å². The van der Waals surface area contributed by atoms with Gasteiger partial charge in [0.25, 0.3) is 0 Å². The summed E-state index contributed by atoms with van der Waals surface area (Å²) in [6.45, 7) is 7.28. The molecule has 0 saturated heterocycles. The van der Waals surface area contributed by atoms with Crippen LogP contribution in [-0.4, -0.2) is 31.2 Å². The molecule has 0 heterocycles. The van der Waals surface area contributed by atoms with Crippen LogP contribution in [0.1, 0.15) is 33.6 Å². The molecule has 0 aromatic rings. The molecule has 0 fully saturated rings. The van der Waals surface area contributed by atoms with E-state index in [1.165, 1.54) is 0 Å². The van der Waals surface area contributed by atoms with Crippen LogP contribution in [0.5, 0.6) is 0 Å². The van der Waals surface area contributed by atoms with E-state index in [0.717, 1.165) is 19.4 Å². The Hall–Kier alpha value is 0.210. The Kier molecular flexibility index (Phi) is 6.74. The van der Waals surface area contributed by atoms with E-state index >= 15 is 0 Å². The fraction of sp³-hybridized carbons (Fsp3) is 1.00. The zero-order valence-electron chi connectivity index (χ0n) is 9.19. The van der Waals surface area contributed by atoms with Crippen LogP contribution >= 0.6 is 11.6 Å². The predicted molar refractivity (Wildman–Crippen MR) is 58.5 cm³/mol. The number of nitrogens with one attached hydrogen (secondary N) is 1. The van der Waals surface area contributed by atoms with Crippen molar-refractivity contribution in [3.63, 3.8) is 0 Å². The van der Waals surface area contributed by atoms with Gasteiger partial charge in [0.05, 0.1) is 0 Å². The highest BCUT2D eigenvalue weighted by Gasteiger charge is 2.21. The van der Waals surface area contributed by atoms with Crippen molar-refractivity contribution in [3.8, 4) is 0 Å². The predicted octanol–water partition coefficient (Wildman–Crippen LogP) is 2.41. The van der Waals surface area contributed by atoms with Crippen molar-refractivity contribution >= 4 is 11.6 Å². The molecule has 2 nitrogen and oxygen atoms in total. The topological polar surface area (TPSA) is 21.3 Å². The minimum absolute atomic E-state index is 0.0642. The fourth-order valence-electron chi connectivity index (χ4n) is 1.20. The highest BCUT2D eigenvalue weighted by Crippen LogP contribution is 2.13. The lowest BCUT2D eigenvalue weighted by Crippen LogP contribution is -2.48. The SMILES string of the molecule is CCC(C)(CCl)NC(C)CCOC. The zero-order chi connectivity index (χ0) is 10.3. The Bertz CT molecular complexity index is 126. The van der Waals surface area contributed by atoms with Gasteiger partial charge in [0.1, 0.15) is 0 Å². The molecule has 1 N–H and O–H groups in total. The molecular formula is C10H22ClNO. The van der Waals surface area contributed by atoms with Gasteiger partial charge in [0.15, 0.2) is 0 Å². The molecular weight excluding hydrogens is 186 g/mol. The average Bonchev–Trinajstić information content (AvgIpc) is 2.14. The van der Waals surface area contributed by atoms with Crippen molar-refractivity contribution < 1.29 is 4.74 Å². The van der Waals surface area contributed by atoms with Crippen molar-refractivity contribution in [2.24, 2.45) is 0 Å². The Morgan fingerprint density at radius 3 is 2.54 bits per heavy atom. The Morgan fingerprint density at radius 1 is 1.54 bits per heavy atom. The van der Waals surface area contributed by atoms with Crippen LogP contribution < -0.4 is 5.32 Å². The van der Waals surface area contributed by atoms with Gasteiger partial charge in [-0.2, -0.15) is 0 Å². The lowest BCUT2D eigenvalue weighted by atomic mass is 10.00. The van der Waals surface area contributed by atoms with E-state index in [9.17, 15) is 0 Å². The molecule has 0 saturated carbocycles. The number of methoxy groups -OCH3 is 1. The van der Waals surface area contributed by atoms with Gasteiger partial charge in [-0.3, -0.25) is 0 Å². The Labute approximate surface area is 87.0 Å². The molecule has 0 aromatic carbocycles. The van der Waals surface area contributed by atoms with Gasteiger partial charge in [-0.25, -0.2) is 0 Å². The molecule has 0 amide bonds. The quantitative estimate of drug-likeness (QED) is 0.648. The van der Waals surface area contributed by atoms with Crippen LogP contribution in [0.15, 0.2) is 0 Å². The number of ether oxygens (including phenoxy) is 1. The molecule has 2 atom stereocenters. The van der Waals surface area contributed by atoms with Crippen molar-refractivity contribution in [1.29, 1.82) is 0 Å². The summed E-state index contributed by atoms with van der Waals surface area (Å²) >= 11 is 5.89. The van der Waals surface area contributed by atoms with Crippen molar-refractivity contribution in [2.45, 2.75) is 45.2 Å². The summed E-state index contributed by atoms with van der Waals surface area (Å²) in [5, 5.41) is 3.52. The largest absolute Gasteiger partial charge is 0.385 e. The third-order valence-electron chi connectivity index (χ3n) is 2.43. The van der Waals surface area contributed by atoms with E-state index in [2.05, 4.69) is 26.1 Å². The first-order valence-corrected chi connectivity index (χ1v) is 5.44. The number of hydrogen-bond acceptors (Lipinski definition) is 2. The molecule has 0 aliphatic rings. The monoisotopic (exact) mass is 207 g/mol. The van der Waals surface area contributed by atoms with Crippen LogP contribution in [-0.2, 0) is 4.74 Å². The van der Waals surface area contributed by atoms with Gasteiger partial charge in [0.2, 0.25) is 0 Å². The summed E-state index contributed by atoms with van der Waals surface area (Å²) in [4.78, 5) is 0. The molecule has 0 aliphatic heterocycles. The average molecular weight is 208 g/mol. The van der Waals surface area contributed by atoms with E-state index in [-0.39, 0.29) is 5.54 Å². The van der Waals surface area contributed by atoms with Crippen LogP contribution in [0.25, 0.3) is 0 Å². The van der Waals surface area contributed by atoms with E-state index in [1.54, 1.807) is 7.11 Å². The van der Waals surface area contributed by atoms with Crippen LogP contribution in [0.4, 0.5) is 0 Å². The van der Waals surface area contributed by atoms with E-state index in [1.807, 2.05) is 0 Å². The first-order chi connectivity index (χ1) is 6.08. The van der Waals surface area contributed by atoms with Gasteiger partial charge in [-0.1, -0.05) is 6.92 Å². The summed E-state index contributed by atoms with van der Waals surface area (Å²) in [6, 6.07) is 0.462. The second-order valence-corrected chi connectivity index (χ2v) is 4.14. The van der Waals surface area contributed by atoms with Crippen LogP contribution in [0.3, 0.4) is 0 Å². The molecule has 80 valence electrons. The van der Waals surface area contributed by atoms with E-state index in [0.29, 0.717) is 11.9 Å². The lowest BCUT2D eigenvalue weighted by molar-refractivity contribution is 0.177. The summed E-state index contributed by atoms with van der Waals surface area (Å²) in [6.07, 6.45) is 2.08. The molecule has 0 aliphatic carbocycles. The molecule has 13 heavy (non-hydrogen) atoms. The summed E-state index contributed by atoms with van der Waals surface area (Å²) in [5.74, 6) is 0.654. The molecule has 0 aromatic heterocycles.